The number of rotatable bonds is 5. The molecule has 0 bridgehead atoms. The fraction of sp³-hybridized carbons (Fsp3) is 0.238. The van der Waals surface area contributed by atoms with Gasteiger partial charge in [0.25, 0.3) is 10.0 Å². The Morgan fingerprint density at radius 3 is 2.59 bits per heavy atom. The lowest BCUT2D eigenvalue weighted by Crippen LogP contribution is -2.48. The van der Waals surface area contributed by atoms with Gasteiger partial charge in [-0.15, -0.1) is 11.3 Å². The Kier molecular flexibility index (Phi) is 5.72. The Bertz CT molecular complexity index is 1380. The van der Waals surface area contributed by atoms with Crippen LogP contribution in [-0.4, -0.2) is 58.3 Å². The predicted octanol–water partition coefficient (Wildman–Crippen LogP) is 3.78. The van der Waals surface area contributed by atoms with Crippen molar-refractivity contribution in [2.45, 2.75) is 10.8 Å². The Morgan fingerprint density at radius 1 is 1.06 bits per heavy atom. The lowest BCUT2D eigenvalue weighted by molar-refractivity contribution is 0.178. The highest BCUT2D eigenvalue weighted by Crippen LogP contribution is 2.29. The van der Waals surface area contributed by atoms with Crippen molar-refractivity contribution >= 4 is 44.1 Å². The molecule has 1 saturated heterocycles. The number of aromatic nitrogens is 3. The molecule has 4 heterocycles. The number of sulfonamides is 1. The summed E-state index contributed by atoms with van der Waals surface area (Å²) >= 11 is 6.98. The van der Waals surface area contributed by atoms with Crippen LogP contribution in [0.4, 0.5) is 4.39 Å². The summed E-state index contributed by atoms with van der Waals surface area (Å²) in [4.78, 5) is 11.3. The standard InChI is InChI=1S/C21H19ClFN5O2S2/c22-18-6-7-20(31-18)32(29,30)27-11-9-26(10-12-27)14-19-25-17-5-2-8-24-21(17)28(19)16-4-1-3-15(23)13-16/h1-8,13H,9-12,14H2. The SMILES string of the molecule is O=S(=O)(c1ccc(Cl)s1)N1CCN(Cc2nc3cccnc3n2-c2cccc(F)c2)CC1. The van der Waals surface area contributed by atoms with E-state index in [2.05, 4.69) is 9.88 Å². The van der Waals surface area contributed by atoms with Gasteiger partial charge in [0.2, 0.25) is 0 Å². The quantitative estimate of drug-likeness (QED) is 0.425. The average molecular weight is 492 g/mol. The molecule has 0 unspecified atom stereocenters. The smallest absolute Gasteiger partial charge is 0.252 e. The third-order valence-corrected chi connectivity index (χ3v) is 8.99. The number of halogens is 2. The molecule has 166 valence electrons. The maximum Gasteiger partial charge on any atom is 0.252 e. The van der Waals surface area contributed by atoms with E-state index in [1.165, 1.54) is 16.4 Å². The summed E-state index contributed by atoms with van der Waals surface area (Å²) in [7, 11) is -3.55. The van der Waals surface area contributed by atoms with Crippen LogP contribution in [0.3, 0.4) is 0 Å². The summed E-state index contributed by atoms with van der Waals surface area (Å²) in [5, 5.41) is 0. The first kappa shape index (κ1) is 21.5. The Hall–Kier alpha value is -2.37. The number of pyridine rings is 1. The molecule has 0 amide bonds. The molecule has 3 aromatic heterocycles. The van der Waals surface area contributed by atoms with Crippen LogP contribution in [0.1, 0.15) is 5.82 Å². The molecule has 1 aliphatic rings. The molecule has 7 nitrogen and oxygen atoms in total. The molecule has 0 spiro atoms. The third kappa shape index (κ3) is 4.04. The molecule has 32 heavy (non-hydrogen) atoms. The average Bonchev–Trinajstić information content (AvgIpc) is 3.38. The number of thiophene rings is 1. The van der Waals surface area contributed by atoms with Crippen LogP contribution in [-0.2, 0) is 16.6 Å². The van der Waals surface area contributed by atoms with Crippen molar-refractivity contribution in [1.82, 2.24) is 23.7 Å². The largest absolute Gasteiger partial charge is 0.293 e. The van der Waals surface area contributed by atoms with Gasteiger partial charge in [-0.1, -0.05) is 17.7 Å². The number of nitrogens with zero attached hydrogens (tertiary/aromatic N) is 5. The van der Waals surface area contributed by atoms with Crippen molar-refractivity contribution in [3.8, 4) is 5.69 Å². The molecule has 1 fully saturated rings. The monoisotopic (exact) mass is 491 g/mol. The molecule has 0 saturated carbocycles. The van der Waals surface area contributed by atoms with E-state index in [0.29, 0.717) is 48.4 Å². The van der Waals surface area contributed by atoms with Gasteiger partial charge in [-0.05, 0) is 42.5 Å². The second-order valence-electron chi connectivity index (χ2n) is 7.43. The highest BCUT2D eigenvalue weighted by molar-refractivity contribution is 7.91. The van der Waals surface area contributed by atoms with E-state index in [1.54, 1.807) is 24.4 Å². The minimum absolute atomic E-state index is 0.259. The Labute approximate surface area is 193 Å². The van der Waals surface area contributed by atoms with Crippen LogP contribution in [0.15, 0.2) is 58.9 Å². The molecular formula is C21H19ClFN5O2S2. The highest BCUT2D eigenvalue weighted by atomic mass is 35.5. The van der Waals surface area contributed by atoms with Crippen molar-refractivity contribution < 1.29 is 12.8 Å². The van der Waals surface area contributed by atoms with Crippen molar-refractivity contribution in [3.63, 3.8) is 0 Å². The predicted molar refractivity (Wildman–Crippen MR) is 122 cm³/mol. The van der Waals surface area contributed by atoms with E-state index in [9.17, 15) is 12.8 Å². The van der Waals surface area contributed by atoms with E-state index in [0.717, 1.165) is 22.7 Å². The van der Waals surface area contributed by atoms with E-state index in [1.807, 2.05) is 22.8 Å². The minimum atomic E-state index is -3.55. The third-order valence-electron chi connectivity index (χ3n) is 5.39. The van der Waals surface area contributed by atoms with E-state index in [-0.39, 0.29) is 10.0 Å². The maximum absolute atomic E-state index is 13.9. The van der Waals surface area contributed by atoms with E-state index in [4.69, 9.17) is 16.6 Å². The lowest BCUT2D eigenvalue weighted by Gasteiger charge is -2.33. The maximum atomic E-state index is 13.9. The number of hydrogen-bond donors (Lipinski definition) is 0. The van der Waals surface area contributed by atoms with Gasteiger partial charge in [0.15, 0.2) is 5.65 Å². The van der Waals surface area contributed by atoms with Crippen molar-refractivity contribution in [1.29, 1.82) is 0 Å². The molecule has 1 aliphatic heterocycles. The van der Waals surface area contributed by atoms with Gasteiger partial charge < -0.3 is 0 Å². The summed E-state index contributed by atoms with van der Waals surface area (Å²) in [6.07, 6.45) is 1.68. The van der Waals surface area contributed by atoms with Gasteiger partial charge in [-0.25, -0.2) is 22.8 Å². The van der Waals surface area contributed by atoms with Crippen molar-refractivity contribution in [2.24, 2.45) is 0 Å². The van der Waals surface area contributed by atoms with Crippen LogP contribution in [0.5, 0.6) is 0 Å². The molecule has 4 aromatic rings. The summed E-state index contributed by atoms with van der Waals surface area (Å²) in [5.74, 6) is 0.393. The molecule has 1 aromatic carbocycles. The van der Waals surface area contributed by atoms with Gasteiger partial charge >= 0.3 is 0 Å². The molecule has 0 N–H and O–H groups in total. The second-order valence-corrected chi connectivity index (χ2v) is 11.3. The molecule has 5 rings (SSSR count). The molecule has 0 aliphatic carbocycles. The summed E-state index contributed by atoms with van der Waals surface area (Å²) in [6, 6.07) is 13.2. The first-order valence-electron chi connectivity index (χ1n) is 9.98. The van der Waals surface area contributed by atoms with Crippen LogP contribution < -0.4 is 0 Å². The van der Waals surface area contributed by atoms with Gasteiger partial charge in [-0.2, -0.15) is 4.31 Å². The van der Waals surface area contributed by atoms with Crippen LogP contribution in [0.25, 0.3) is 16.9 Å². The first-order chi connectivity index (χ1) is 15.4. The topological polar surface area (TPSA) is 71.3 Å². The van der Waals surface area contributed by atoms with Crippen molar-refractivity contribution in [3.05, 3.63) is 70.7 Å². The number of hydrogen-bond acceptors (Lipinski definition) is 6. The fourth-order valence-electron chi connectivity index (χ4n) is 3.84. The molecule has 0 atom stereocenters. The number of imidazole rings is 1. The number of piperazine rings is 1. The normalized spacial score (nSPS) is 16.1. The van der Waals surface area contributed by atoms with Crippen molar-refractivity contribution in [2.75, 3.05) is 26.2 Å². The summed E-state index contributed by atoms with van der Waals surface area (Å²) < 4.78 is 43.7. The summed E-state index contributed by atoms with van der Waals surface area (Å²) in [6.45, 7) is 2.34. The molecular weight excluding hydrogens is 473 g/mol. The summed E-state index contributed by atoms with van der Waals surface area (Å²) in [5.41, 5.74) is 2.03. The van der Waals surface area contributed by atoms with E-state index >= 15 is 0 Å². The number of fused-ring (bicyclic) bond motifs is 1. The van der Waals surface area contributed by atoms with Crippen LogP contribution in [0, 0.1) is 5.82 Å². The van der Waals surface area contributed by atoms with Gasteiger partial charge in [0.1, 0.15) is 21.4 Å². The Balaban J connectivity index is 1.38. The second kappa shape index (κ2) is 8.53. The van der Waals surface area contributed by atoms with Gasteiger partial charge in [-0.3, -0.25) is 9.47 Å². The first-order valence-corrected chi connectivity index (χ1v) is 12.6. The lowest BCUT2D eigenvalue weighted by atomic mass is 10.3. The number of benzene rings is 1. The fourth-order valence-corrected chi connectivity index (χ4v) is 6.90. The zero-order valence-corrected chi connectivity index (χ0v) is 19.2. The van der Waals surface area contributed by atoms with Crippen LogP contribution in [0.2, 0.25) is 4.34 Å². The zero-order valence-electron chi connectivity index (χ0n) is 16.9. The van der Waals surface area contributed by atoms with Gasteiger partial charge in [0.05, 0.1) is 16.6 Å². The molecule has 0 radical (unpaired) electrons. The van der Waals surface area contributed by atoms with Crippen LogP contribution >= 0.6 is 22.9 Å². The van der Waals surface area contributed by atoms with E-state index < -0.39 is 10.0 Å². The Morgan fingerprint density at radius 2 is 1.88 bits per heavy atom. The zero-order chi connectivity index (χ0) is 22.3. The van der Waals surface area contributed by atoms with Gasteiger partial charge in [0, 0.05) is 32.4 Å². The highest BCUT2D eigenvalue weighted by Gasteiger charge is 2.30. The molecule has 11 heteroatoms. The minimum Gasteiger partial charge on any atom is -0.293 e.